The number of esters is 1. The van der Waals surface area contributed by atoms with Crippen molar-refractivity contribution in [2.24, 2.45) is 0 Å². The lowest BCUT2D eigenvalue weighted by atomic mass is 10.0. The zero-order valence-electron chi connectivity index (χ0n) is 23.0. The fraction of sp³-hybridized carbons (Fsp3) is 0.897. The van der Waals surface area contributed by atoms with Crippen LogP contribution in [0.25, 0.3) is 0 Å². The van der Waals surface area contributed by atoms with Crippen LogP contribution in [0.4, 0.5) is 0 Å². The Balaban J connectivity index is 1.84. The molecule has 0 saturated heterocycles. The van der Waals surface area contributed by atoms with Crippen LogP contribution in [0.2, 0.25) is 0 Å². The van der Waals surface area contributed by atoms with Crippen molar-refractivity contribution in [1.29, 1.82) is 0 Å². The van der Waals surface area contributed by atoms with E-state index in [1.54, 1.807) is 0 Å². The largest absolute Gasteiger partial charge is 0.455 e. The first-order valence-electron chi connectivity index (χ1n) is 14.5. The number of carbonyl (C=O) groups is 1. The maximum Gasteiger partial charge on any atom is 0.334 e. The zero-order chi connectivity index (χ0) is 26.4. The Labute approximate surface area is 219 Å². The number of cyclic esters (lactones) is 1. The van der Waals surface area contributed by atoms with Gasteiger partial charge >= 0.3 is 5.97 Å². The van der Waals surface area contributed by atoms with Crippen LogP contribution in [0.15, 0.2) is 11.6 Å². The molecule has 0 radical (unpaired) electrons. The van der Waals surface area contributed by atoms with Crippen molar-refractivity contribution in [2.75, 3.05) is 26.4 Å². The second-order valence-corrected chi connectivity index (χ2v) is 10.4. The number of carbonyl (C=O) groups excluding carboxylic acids is 1. The molecular formula is C29H54O7. The topological polar surface area (TPSA) is 105 Å². The van der Waals surface area contributed by atoms with E-state index < -0.39 is 12.2 Å². The van der Waals surface area contributed by atoms with Crippen LogP contribution in [0.5, 0.6) is 0 Å². The van der Waals surface area contributed by atoms with Crippen molar-refractivity contribution in [2.45, 2.75) is 141 Å². The monoisotopic (exact) mass is 514 g/mol. The Morgan fingerprint density at radius 3 is 1.75 bits per heavy atom. The molecule has 0 spiro atoms. The van der Waals surface area contributed by atoms with Gasteiger partial charge in [-0.05, 0) is 51.5 Å². The highest BCUT2D eigenvalue weighted by molar-refractivity contribution is 5.90. The Bertz CT molecular complexity index is 566. The summed E-state index contributed by atoms with van der Waals surface area (Å²) in [6.45, 7) is 5.54. The number of ether oxygens (including phenoxy) is 3. The van der Waals surface area contributed by atoms with Crippen molar-refractivity contribution in [1.82, 2.24) is 0 Å². The molecule has 1 aliphatic rings. The van der Waals surface area contributed by atoms with Crippen LogP contribution < -0.4 is 0 Å². The molecule has 0 aromatic heterocycles. The van der Waals surface area contributed by atoms with Crippen molar-refractivity contribution >= 4 is 5.97 Å². The van der Waals surface area contributed by atoms with Gasteiger partial charge in [-0.2, -0.15) is 0 Å². The van der Waals surface area contributed by atoms with Crippen LogP contribution in [0.1, 0.15) is 117 Å². The molecule has 0 saturated carbocycles. The Hall–Kier alpha value is -0.990. The number of hydrogen-bond donors (Lipinski definition) is 3. The van der Waals surface area contributed by atoms with Crippen molar-refractivity contribution in [3.8, 4) is 0 Å². The number of rotatable bonds is 25. The van der Waals surface area contributed by atoms with E-state index in [9.17, 15) is 20.1 Å². The molecule has 1 rings (SSSR count). The standard InChI is InChI=1S/C29H54O7/c1-3-4-5-10-17-27(31)22-34-19-20-35-23-28(32)18-13-12-16-26(30)15-11-8-6-7-9-14-25-21-24(2)36-29(25)33/h21,24,26-28,30-32H,3-20,22-23H2,1-2H3/t24-,26?,27-,28-/m0/s1. The van der Waals surface area contributed by atoms with Gasteiger partial charge in [0.15, 0.2) is 0 Å². The Morgan fingerprint density at radius 2 is 1.22 bits per heavy atom. The quantitative estimate of drug-likeness (QED) is 0.113. The van der Waals surface area contributed by atoms with Gasteiger partial charge in [0.2, 0.25) is 0 Å². The number of aliphatic hydroxyl groups excluding tert-OH is 3. The minimum absolute atomic E-state index is 0.0772. The molecule has 0 amide bonds. The fourth-order valence-electron chi connectivity index (χ4n) is 4.48. The van der Waals surface area contributed by atoms with Crippen LogP contribution in [-0.2, 0) is 19.0 Å². The van der Waals surface area contributed by atoms with Gasteiger partial charge in [0, 0.05) is 5.57 Å². The van der Waals surface area contributed by atoms with E-state index in [-0.39, 0.29) is 18.2 Å². The molecule has 0 fully saturated rings. The van der Waals surface area contributed by atoms with E-state index in [2.05, 4.69) is 6.92 Å². The average molecular weight is 515 g/mol. The molecule has 36 heavy (non-hydrogen) atoms. The van der Waals surface area contributed by atoms with Gasteiger partial charge < -0.3 is 29.5 Å². The van der Waals surface area contributed by atoms with Crippen molar-refractivity contribution in [3.05, 3.63) is 11.6 Å². The maximum atomic E-state index is 11.6. The van der Waals surface area contributed by atoms with E-state index in [0.717, 1.165) is 89.0 Å². The van der Waals surface area contributed by atoms with Crippen molar-refractivity contribution < 1.29 is 34.3 Å². The lowest BCUT2D eigenvalue weighted by Gasteiger charge is -2.14. The van der Waals surface area contributed by atoms with Gasteiger partial charge in [-0.1, -0.05) is 71.1 Å². The third-order valence-corrected chi connectivity index (χ3v) is 6.68. The molecule has 0 bridgehead atoms. The lowest BCUT2D eigenvalue weighted by molar-refractivity contribution is -0.139. The zero-order valence-corrected chi connectivity index (χ0v) is 23.0. The van der Waals surface area contributed by atoms with Crippen molar-refractivity contribution in [3.63, 3.8) is 0 Å². The van der Waals surface area contributed by atoms with Gasteiger partial charge in [-0.15, -0.1) is 0 Å². The summed E-state index contributed by atoms with van der Waals surface area (Å²) in [6.07, 6.45) is 16.3. The first-order valence-corrected chi connectivity index (χ1v) is 14.5. The highest BCUT2D eigenvalue weighted by Gasteiger charge is 2.21. The van der Waals surface area contributed by atoms with E-state index in [0.29, 0.717) is 32.8 Å². The third-order valence-electron chi connectivity index (χ3n) is 6.68. The van der Waals surface area contributed by atoms with Crippen LogP contribution >= 0.6 is 0 Å². The van der Waals surface area contributed by atoms with E-state index in [1.807, 2.05) is 13.0 Å². The molecule has 3 N–H and O–H groups in total. The molecule has 0 aromatic rings. The first kappa shape index (κ1) is 33.0. The molecular weight excluding hydrogens is 460 g/mol. The first-order chi connectivity index (χ1) is 17.4. The predicted molar refractivity (Wildman–Crippen MR) is 143 cm³/mol. The molecule has 1 aliphatic heterocycles. The smallest absolute Gasteiger partial charge is 0.334 e. The summed E-state index contributed by atoms with van der Waals surface area (Å²) in [7, 11) is 0. The Kier molecular flexibility index (Phi) is 20.2. The molecule has 7 nitrogen and oxygen atoms in total. The van der Waals surface area contributed by atoms with Gasteiger partial charge in [0.25, 0.3) is 0 Å². The van der Waals surface area contributed by atoms with E-state index >= 15 is 0 Å². The third kappa shape index (κ3) is 18.3. The summed E-state index contributed by atoms with van der Waals surface area (Å²) < 4.78 is 16.0. The Morgan fingerprint density at radius 1 is 0.750 bits per heavy atom. The predicted octanol–water partition coefficient (Wildman–Crippen LogP) is 5.24. The molecule has 1 unspecified atom stereocenters. The minimum Gasteiger partial charge on any atom is -0.455 e. The molecule has 4 atom stereocenters. The van der Waals surface area contributed by atoms with Gasteiger partial charge in [-0.25, -0.2) is 4.79 Å². The van der Waals surface area contributed by atoms with Gasteiger partial charge in [0.05, 0.1) is 44.7 Å². The second-order valence-electron chi connectivity index (χ2n) is 10.4. The van der Waals surface area contributed by atoms with Gasteiger partial charge in [-0.3, -0.25) is 0 Å². The number of aliphatic hydroxyl groups is 3. The summed E-state index contributed by atoms with van der Waals surface area (Å²) >= 11 is 0. The van der Waals surface area contributed by atoms with Crippen LogP contribution in [0.3, 0.4) is 0 Å². The SMILES string of the molecule is CCCCCC[C@H](O)COCCOC[C@@H](O)CCCCC(O)CCCCCCCC1=C[C@H](C)OC1=O. The normalized spacial score (nSPS) is 18.2. The van der Waals surface area contributed by atoms with Gasteiger partial charge in [0.1, 0.15) is 6.10 Å². The summed E-state index contributed by atoms with van der Waals surface area (Å²) in [4.78, 5) is 11.6. The number of unbranched alkanes of at least 4 members (excludes halogenated alkanes) is 8. The molecule has 7 heteroatoms. The molecule has 0 aliphatic carbocycles. The highest BCUT2D eigenvalue weighted by Crippen LogP contribution is 2.20. The fourth-order valence-corrected chi connectivity index (χ4v) is 4.48. The maximum absolute atomic E-state index is 11.6. The average Bonchev–Trinajstić information content (AvgIpc) is 3.17. The number of hydrogen-bond acceptors (Lipinski definition) is 7. The summed E-state index contributed by atoms with van der Waals surface area (Å²) in [5.74, 6) is -0.157. The molecule has 0 aromatic carbocycles. The van der Waals surface area contributed by atoms with E-state index in [4.69, 9.17) is 14.2 Å². The van der Waals surface area contributed by atoms with Crippen LogP contribution in [0, 0.1) is 0 Å². The highest BCUT2D eigenvalue weighted by atomic mass is 16.5. The second kappa shape index (κ2) is 22.0. The minimum atomic E-state index is -0.489. The summed E-state index contributed by atoms with van der Waals surface area (Å²) in [6, 6.07) is 0. The van der Waals surface area contributed by atoms with E-state index in [1.165, 1.54) is 12.8 Å². The van der Waals surface area contributed by atoms with Crippen LogP contribution in [-0.4, -0.2) is 72.1 Å². The molecule has 1 heterocycles. The molecule has 212 valence electrons. The summed E-state index contributed by atoms with van der Waals surface area (Å²) in [5.41, 5.74) is 0.822. The lowest BCUT2D eigenvalue weighted by Crippen LogP contribution is -2.20. The summed E-state index contributed by atoms with van der Waals surface area (Å²) in [5, 5.41) is 30.1.